The van der Waals surface area contributed by atoms with Crippen LogP contribution in [0.15, 0.2) is 24.3 Å². The highest BCUT2D eigenvalue weighted by atomic mass is 32.1. The summed E-state index contributed by atoms with van der Waals surface area (Å²) < 4.78 is 0. The number of hydrogen-bond donors (Lipinski definition) is 5. The van der Waals surface area contributed by atoms with Gasteiger partial charge in [-0.15, -0.1) is 22.7 Å². The number of piperidine rings is 1. The van der Waals surface area contributed by atoms with Gasteiger partial charge in [-0.2, -0.15) is 0 Å². The number of carbonyl (C=O) groups excluding carboxylic acids is 1. The van der Waals surface area contributed by atoms with Crippen LogP contribution in [0.1, 0.15) is 38.6 Å². The molecule has 0 spiro atoms. The zero-order valence-electron chi connectivity index (χ0n) is 16.4. The van der Waals surface area contributed by atoms with Gasteiger partial charge in [0.1, 0.15) is 4.88 Å². The van der Waals surface area contributed by atoms with Crippen LogP contribution in [0.3, 0.4) is 0 Å². The largest absolute Gasteiger partial charge is 0.477 e. The fourth-order valence-corrected chi connectivity index (χ4v) is 4.51. The van der Waals surface area contributed by atoms with Crippen molar-refractivity contribution in [3.63, 3.8) is 0 Å². The Morgan fingerprint density at radius 1 is 0.897 bits per heavy atom. The number of amides is 1. The lowest BCUT2D eigenvalue weighted by Crippen LogP contribution is -2.35. The van der Waals surface area contributed by atoms with Gasteiger partial charge in [0, 0.05) is 13.1 Å². The monoisotopic (exact) mass is 437 g/mol. The molecule has 0 radical (unpaired) electrons. The standard InChI is InChI=1S/C11H17BN2O2S.C6H8BNO3S/c1-12(16)13-10-6-5-9(17-10)11(15)14-7-3-2-4-8-14;1-7(11)8-5-3-2-4(12-5)6(9)10/h5-6,13,16H,2-4,7-8H2,1H3;2-3,8,11H,1H3,(H,9,10). The molecule has 156 valence electrons. The second-order valence-corrected chi connectivity index (χ2v) is 8.79. The lowest BCUT2D eigenvalue weighted by Gasteiger charge is -2.26. The van der Waals surface area contributed by atoms with Crippen molar-refractivity contribution < 1.29 is 24.7 Å². The number of thiophene rings is 2. The number of nitrogens with one attached hydrogen (secondary N) is 2. The van der Waals surface area contributed by atoms with E-state index in [9.17, 15) is 14.6 Å². The van der Waals surface area contributed by atoms with E-state index < -0.39 is 20.1 Å². The predicted octanol–water partition coefficient (Wildman–Crippen LogP) is 2.86. The first-order valence-electron chi connectivity index (χ1n) is 9.37. The Morgan fingerprint density at radius 2 is 1.38 bits per heavy atom. The summed E-state index contributed by atoms with van der Waals surface area (Å²) in [5, 5.41) is 33.7. The molecule has 1 aliphatic rings. The molecule has 0 bridgehead atoms. The van der Waals surface area contributed by atoms with Gasteiger partial charge in [0.05, 0.1) is 14.9 Å². The Morgan fingerprint density at radius 3 is 1.83 bits per heavy atom. The van der Waals surface area contributed by atoms with Gasteiger partial charge in [0.15, 0.2) is 0 Å². The number of anilines is 2. The average molecular weight is 437 g/mol. The van der Waals surface area contributed by atoms with Crippen LogP contribution >= 0.6 is 22.7 Å². The van der Waals surface area contributed by atoms with Crippen molar-refractivity contribution >= 4 is 58.7 Å². The smallest absolute Gasteiger partial charge is 0.407 e. The van der Waals surface area contributed by atoms with Gasteiger partial charge in [-0.25, -0.2) is 4.79 Å². The quantitative estimate of drug-likeness (QED) is 0.441. The minimum absolute atomic E-state index is 0.119. The molecule has 0 saturated carbocycles. The third kappa shape index (κ3) is 7.73. The van der Waals surface area contributed by atoms with Gasteiger partial charge >= 0.3 is 20.1 Å². The van der Waals surface area contributed by atoms with Crippen molar-refractivity contribution in [1.82, 2.24) is 4.90 Å². The summed E-state index contributed by atoms with van der Waals surface area (Å²) in [5.74, 6) is -0.827. The van der Waals surface area contributed by atoms with E-state index in [-0.39, 0.29) is 10.8 Å². The van der Waals surface area contributed by atoms with Crippen LogP contribution in [-0.4, -0.2) is 59.1 Å². The summed E-state index contributed by atoms with van der Waals surface area (Å²) in [6, 6.07) is 6.79. The molecule has 1 fully saturated rings. The summed E-state index contributed by atoms with van der Waals surface area (Å²) >= 11 is 2.50. The molecule has 2 aromatic rings. The molecule has 2 aromatic heterocycles. The van der Waals surface area contributed by atoms with Gasteiger partial charge < -0.3 is 30.5 Å². The number of nitrogens with zero attached hydrogens (tertiary/aromatic N) is 1. The minimum Gasteiger partial charge on any atom is -0.477 e. The third-order valence-corrected chi connectivity index (χ3v) is 5.99. The van der Waals surface area contributed by atoms with Crippen LogP contribution in [0.5, 0.6) is 0 Å². The summed E-state index contributed by atoms with van der Waals surface area (Å²) in [6.45, 7) is 4.97. The first kappa shape index (κ1) is 23.3. The van der Waals surface area contributed by atoms with Crippen LogP contribution in [0, 0.1) is 0 Å². The van der Waals surface area contributed by atoms with Gasteiger partial charge in [-0.3, -0.25) is 4.79 Å². The molecule has 1 amide bonds. The van der Waals surface area contributed by atoms with Crippen molar-refractivity contribution in [3.8, 4) is 0 Å². The Hall–Kier alpha value is -2.01. The highest BCUT2D eigenvalue weighted by Crippen LogP contribution is 2.24. The Bertz CT molecular complexity index is 807. The van der Waals surface area contributed by atoms with Crippen molar-refractivity contribution in [1.29, 1.82) is 0 Å². The maximum Gasteiger partial charge on any atom is 0.407 e. The maximum atomic E-state index is 12.1. The topological polar surface area (TPSA) is 122 Å². The molecular weight excluding hydrogens is 412 g/mol. The molecule has 3 rings (SSSR count). The number of aromatic carboxylic acids is 1. The van der Waals surface area contributed by atoms with Crippen LogP contribution in [-0.2, 0) is 0 Å². The molecule has 12 heteroatoms. The van der Waals surface area contributed by atoms with Crippen LogP contribution in [0.25, 0.3) is 0 Å². The van der Waals surface area contributed by atoms with Gasteiger partial charge in [-0.1, -0.05) is 0 Å². The second-order valence-electron chi connectivity index (χ2n) is 6.63. The molecule has 0 atom stereocenters. The van der Waals surface area contributed by atoms with Crippen molar-refractivity contribution in [2.24, 2.45) is 0 Å². The van der Waals surface area contributed by atoms with E-state index in [2.05, 4.69) is 10.5 Å². The summed E-state index contributed by atoms with van der Waals surface area (Å²) in [6.07, 6.45) is 3.44. The van der Waals surface area contributed by atoms with Crippen molar-refractivity contribution in [3.05, 3.63) is 34.0 Å². The highest BCUT2D eigenvalue weighted by Gasteiger charge is 2.20. The molecule has 1 saturated heterocycles. The van der Waals surface area contributed by atoms with Gasteiger partial charge in [-0.05, 0) is 57.2 Å². The molecule has 29 heavy (non-hydrogen) atoms. The Labute approximate surface area is 178 Å². The van der Waals surface area contributed by atoms with E-state index in [4.69, 9.17) is 10.1 Å². The SMILES string of the molecule is CB(O)Nc1ccc(C(=O)N2CCCCC2)s1.CB(O)Nc1ccc(C(=O)O)s1. The van der Waals surface area contributed by atoms with E-state index in [1.54, 1.807) is 19.7 Å². The fourth-order valence-electron chi connectivity index (χ4n) is 2.73. The normalized spacial score (nSPS) is 13.2. The first-order valence-corrected chi connectivity index (χ1v) is 11.0. The van der Waals surface area contributed by atoms with Crippen molar-refractivity contribution in [2.75, 3.05) is 23.5 Å². The fraction of sp³-hybridized carbons (Fsp3) is 0.412. The molecule has 5 N–H and O–H groups in total. The lowest BCUT2D eigenvalue weighted by atomic mass is 9.89. The highest BCUT2D eigenvalue weighted by molar-refractivity contribution is 7.18. The molecule has 3 heterocycles. The van der Waals surface area contributed by atoms with Gasteiger partial charge in [0.2, 0.25) is 0 Å². The number of carboxylic acids is 1. The zero-order valence-corrected chi connectivity index (χ0v) is 18.1. The Kier molecular flexibility index (Phi) is 9.02. The van der Waals surface area contributed by atoms with Crippen LogP contribution < -0.4 is 10.5 Å². The van der Waals surface area contributed by atoms with E-state index >= 15 is 0 Å². The lowest BCUT2D eigenvalue weighted by molar-refractivity contribution is 0.0699. The van der Waals surface area contributed by atoms with Gasteiger partial charge in [0.25, 0.3) is 5.91 Å². The second kappa shape index (κ2) is 11.2. The molecule has 0 aliphatic carbocycles. The molecule has 1 aliphatic heterocycles. The minimum atomic E-state index is -0.946. The van der Waals surface area contributed by atoms with E-state index in [1.165, 1.54) is 23.8 Å². The van der Waals surface area contributed by atoms with Crippen LogP contribution in [0.2, 0.25) is 13.6 Å². The summed E-state index contributed by atoms with van der Waals surface area (Å²) in [4.78, 5) is 25.5. The number of likely N-dealkylation sites (tertiary alicyclic amines) is 1. The maximum absolute atomic E-state index is 12.1. The number of rotatable bonds is 6. The summed E-state index contributed by atoms with van der Waals surface area (Å²) in [5.41, 5.74) is 0. The zero-order chi connectivity index (χ0) is 21.4. The first-order chi connectivity index (χ1) is 13.8. The van der Waals surface area contributed by atoms with Crippen LogP contribution in [0.4, 0.5) is 10.0 Å². The average Bonchev–Trinajstić information content (AvgIpc) is 3.31. The number of carbonyl (C=O) groups is 2. The van der Waals surface area contributed by atoms with E-state index in [0.29, 0.717) is 5.00 Å². The van der Waals surface area contributed by atoms with E-state index in [1.807, 2.05) is 17.0 Å². The number of carboxylic acid groups (broad SMARTS) is 1. The van der Waals surface area contributed by atoms with E-state index in [0.717, 1.165) is 47.1 Å². The Balaban J connectivity index is 0.000000221. The summed E-state index contributed by atoms with van der Waals surface area (Å²) in [7, 11) is -1.25. The molecule has 8 nitrogen and oxygen atoms in total. The molecule has 0 aromatic carbocycles. The predicted molar refractivity (Wildman–Crippen MR) is 120 cm³/mol. The molecule has 0 unspecified atom stereocenters. The van der Waals surface area contributed by atoms with Crippen molar-refractivity contribution in [2.45, 2.75) is 32.9 Å². The molecular formula is C17H25B2N3O5S2. The number of hydrogen-bond acceptors (Lipinski definition) is 8. The third-order valence-electron chi connectivity index (χ3n) is 3.98.